The summed E-state index contributed by atoms with van der Waals surface area (Å²) in [4.78, 5) is 13.1. The first-order valence-electron chi connectivity index (χ1n) is 10.1. The Morgan fingerprint density at radius 3 is 2.23 bits per heavy atom. The first-order chi connectivity index (χ1) is 15.1. The SMILES string of the molecule is COc1c(OCc2ccccc2)cc2oc(-c3ccccc3)cc(=O)c2c1OC(C)C. The second kappa shape index (κ2) is 8.96. The van der Waals surface area contributed by atoms with Gasteiger partial charge in [-0.1, -0.05) is 60.7 Å². The molecule has 0 bridgehead atoms. The van der Waals surface area contributed by atoms with Crippen LogP contribution in [0, 0.1) is 0 Å². The smallest absolute Gasteiger partial charge is 0.204 e. The molecule has 0 unspecified atom stereocenters. The van der Waals surface area contributed by atoms with Crippen LogP contribution in [0.2, 0.25) is 0 Å². The van der Waals surface area contributed by atoms with Crippen molar-refractivity contribution in [2.24, 2.45) is 0 Å². The summed E-state index contributed by atoms with van der Waals surface area (Å²) in [6, 6.07) is 22.5. The van der Waals surface area contributed by atoms with E-state index in [4.69, 9.17) is 18.6 Å². The van der Waals surface area contributed by atoms with E-state index in [1.807, 2.05) is 74.5 Å². The Morgan fingerprint density at radius 1 is 0.903 bits per heavy atom. The van der Waals surface area contributed by atoms with Gasteiger partial charge in [0.1, 0.15) is 23.3 Å². The molecule has 0 amide bonds. The minimum atomic E-state index is -0.205. The molecule has 5 nitrogen and oxygen atoms in total. The molecular weight excluding hydrogens is 392 g/mol. The number of ether oxygens (including phenoxy) is 3. The van der Waals surface area contributed by atoms with Crippen molar-refractivity contribution in [1.29, 1.82) is 0 Å². The van der Waals surface area contributed by atoms with E-state index in [-0.39, 0.29) is 11.5 Å². The maximum Gasteiger partial charge on any atom is 0.204 e. The molecular formula is C26H24O5. The van der Waals surface area contributed by atoms with Gasteiger partial charge in [0.25, 0.3) is 0 Å². The Hall–Kier alpha value is -3.73. The third-order valence-electron chi connectivity index (χ3n) is 4.75. The Morgan fingerprint density at radius 2 is 1.58 bits per heavy atom. The lowest BCUT2D eigenvalue weighted by Crippen LogP contribution is -2.12. The van der Waals surface area contributed by atoms with Gasteiger partial charge in [0, 0.05) is 17.7 Å². The Kier molecular flexibility index (Phi) is 5.94. The van der Waals surface area contributed by atoms with Gasteiger partial charge in [0.15, 0.2) is 16.9 Å². The summed E-state index contributed by atoms with van der Waals surface area (Å²) >= 11 is 0. The van der Waals surface area contributed by atoms with E-state index in [1.165, 1.54) is 13.2 Å². The van der Waals surface area contributed by atoms with Crippen molar-refractivity contribution in [2.45, 2.75) is 26.6 Å². The van der Waals surface area contributed by atoms with Crippen molar-refractivity contribution in [3.8, 4) is 28.6 Å². The Labute approximate surface area is 180 Å². The standard InChI is InChI=1S/C26H24O5/c1-17(2)30-26-24-20(27)14-21(19-12-8-5-9-13-19)31-22(24)15-23(25(26)28-3)29-16-18-10-6-4-7-11-18/h4-15,17H,16H2,1-3H3. The molecule has 31 heavy (non-hydrogen) atoms. The van der Waals surface area contributed by atoms with Crippen LogP contribution < -0.4 is 19.6 Å². The molecule has 3 aromatic carbocycles. The fourth-order valence-electron chi connectivity index (χ4n) is 3.38. The average Bonchev–Trinajstić information content (AvgIpc) is 2.78. The average molecular weight is 416 g/mol. The van der Waals surface area contributed by atoms with Crippen LogP contribution in [-0.2, 0) is 6.61 Å². The van der Waals surface area contributed by atoms with E-state index in [1.54, 1.807) is 6.07 Å². The molecule has 0 atom stereocenters. The fraction of sp³-hybridized carbons (Fsp3) is 0.192. The van der Waals surface area contributed by atoms with E-state index in [0.29, 0.717) is 40.6 Å². The number of rotatable bonds is 7. The van der Waals surface area contributed by atoms with Gasteiger partial charge in [0.2, 0.25) is 5.75 Å². The number of methoxy groups -OCH3 is 1. The molecule has 0 aliphatic heterocycles. The lowest BCUT2D eigenvalue weighted by molar-refractivity contribution is 0.224. The molecule has 5 heteroatoms. The Bertz CT molecular complexity index is 1230. The highest BCUT2D eigenvalue weighted by molar-refractivity contribution is 5.90. The normalized spacial score (nSPS) is 11.0. The molecule has 0 radical (unpaired) electrons. The number of benzene rings is 3. The van der Waals surface area contributed by atoms with Crippen LogP contribution in [0.15, 0.2) is 82.0 Å². The predicted molar refractivity (Wildman–Crippen MR) is 121 cm³/mol. The highest BCUT2D eigenvalue weighted by Gasteiger charge is 2.22. The van der Waals surface area contributed by atoms with Crippen molar-refractivity contribution in [3.05, 3.63) is 88.6 Å². The number of hydrogen-bond acceptors (Lipinski definition) is 5. The number of fused-ring (bicyclic) bond motifs is 1. The van der Waals surface area contributed by atoms with Crippen LogP contribution >= 0.6 is 0 Å². The molecule has 0 N–H and O–H groups in total. The van der Waals surface area contributed by atoms with Gasteiger partial charge in [-0.05, 0) is 19.4 Å². The van der Waals surface area contributed by atoms with Gasteiger partial charge in [-0.25, -0.2) is 0 Å². The first-order valence-corrected chi connectivity index (χ1v) is 10.1. The highest BCUT2D eigenvalue weighted by atomic mass is 16.5. The fourth-order valence-corrected chi connectivity index (χ4v) is 3.38. The van der Waals surface area contributed by atoms with Crippen molar-refractivity contribution in [3.63, 3.8) is 0 Å². The third kappa shape index (κ3) is 4.40. The van der Waals surface area contributed by atoms with Gasteiger partial charge in [-0.3, -0.25) is 4.79 Å². The molecule has 0 aliphatic rings. The van der Waals surface area contributed by atoms with Gasteiger partial charge in [-0.2, -0.15) is 0 Å². The van der Waals surface area contributed by atoms with Crippen LogP contribution in [0.5, 0.6) is 17.2 Å². The quantitative estimate of drug-likeness (QED) is 0.379. The van der Waals surface area contributed by atoms with Crippen LogP contribution in [0.25, 0.3) is 22.3 Å². The van der Waals surface area contributed by atoms with E-state index < -0.39 is 0 Å². The highest BCUT2D eigenvalue weighted by Crippen LogP contribution is 2.44. The summed E-state index contributed by atoms with van der Waals surface area (Å²) in [6.45, 7) is 4.12. The topological polar surface area (TPSA) is 57.9 Å². The van der Waals surface area contributed by atoms with E-state index in [2.05, 4.69) is 0 Å². The molecule has 4 rings (SSSR count). The molecule has 0 aliphatic carbocycles. The maximum absolute atomic E-state index is 13.1. The summed E-state index contributed by atoms with van der Waals surface area (Å²) in [6.07, 6.45) is -0.172. The zero-order chi connectivity index (χ0) is 21.8. The first kappa shape index (κ1) is 20.5. The minimum Gasteiger partial charge on any atom is -0.490 e. The minimum absolute atomic E-state index is 0.172. The van der Waals surface area contributed by atoms with Gasteiger partial charge < -0.3 is 18.6 Å². The summed E-state index contributed by atoms with van der Waals surface area (Å²) in [5, 5.41) is 0.331. The summed E-state index contributed by atoms with van der Waals surface area (Å²) < 4.78 is 23.8. The molecule has 0 spiro atoms. The van der Waals surface area contributed by atoms with Crippen LogP contribution in [0.4, 0.5) is 0 Å². The summed E-state index contributed by atoms with van der Waals surface area (Å²) in [7, 11) is 1.53. The lowest BCUT2D eigenvalue weighted by atomic mass is 10.1. The van der Waals surface area contributed by atoms with Crippen molar-refractivity contribution in [1.82, 2.24) is 0 Å². The van der Waals surface area contributed by atoms with Gasteiger partial charge in [-0.15, -0.1) is 0 Å². The largest absolute Gasteiger partial charge is 0.490 e. The van der Waals surface area contributed by atoms with E-state index in [0.717, 1.165) is 11.1 Å². The summed E-state index contributed by atoms with van der Waals surface area (Å²) in [5.74, 6) is 1.62. The summed E-state index contributed by atoms with van der Waals surface area (Å²) in [5.41, 5.74) is 2.00. The molecule has 4 aromatic rings. The third-order valence-corrected chi connectivity index (χ3v) is 4.75. The van der Waals surface area contributed by atoms with Crippen molar-refractivity contribution in [2.75, 3.05) is 7.11 Å². The van der Waals surface area contributed by atoms with Gasteiger partial charge >= 0.3 is 0 Å². The van der Waals surface area contributed by atoms with E-state index >= 15 is 0 Å². The lowest BCUT2D eigenvalue weighted by Gasteiger charge is -2.19. The monoisotopic (exact) mass is 416 g/mol. The van der Waals surface area contributed by atoms with Crippen LogP contribution in [0.1, 0.15) is 19.4 Å². The van der Waals surface area contributed by atoms with Crippen LogP contribution in [-0.4, -0.2) is 13.2 Å². The zero-order valence-corrected chi connectivity index (χ0v) is 17.8. The Balaban J connectivity index is 1.88. The van der Waals surface area contributed by atoms with Crippen LogP contribution in [0.3, 0.4) is 0 Å². The molecule has 1 aromatic heterocycles. The maximum atomic E-state index is 13.1. The predicted octanol–water partition coefficient (Wildman–Crippen LogP) is 5.83. The molecule has 0 saturated heterocycles. The second-order valence-corrected chi connectivity index (χ2v) is 7.39. The number of hydrogen-bond donors (Lipinski definition) is 0. The van der Waals surface area contributed by atoms with Crippen molar-refractivity contribution < 1.29 is 18.6 Å². The zero-order valence-electron chi connectivity index (χ0n) is 17.8. The van der Waals surface area contributed by atoms with E-state index in [9.17, 15) is 4.79 Å². The van der Waals surface area contributed by atoms with Gasteiger partial charge in [0.05, 0.1) is 13.2 Å². The molecule has 0 fully saturated rings. The second-order valence-electron chi connectivity index (χ2n) is 7.39. The molecule has 0 saturated carbocycles. The van der Waals surface area contributed by atoms with Crippen molar-refractivity contribution >= 4 is 11.0 Å². The molecule has 158 valence electrons. The molecule has 1 heterocycles.